The summed E-state index contributed by atoms with van der Waals surface area (Å²) >= 11 is 3.21. The van der Waals surface area contributed by atoms with Crippen LogP contribution in [0.3, 0.4) is 0 Å². The van der Waals surface area contributed by atoms with Crippen LogP contribution in [0, 0.1) is 0 Å². The maximum atomic E-state index is 12.7. The number of fused-ring (bicyclic) bond motifs is 1. The summed E-state index contributed by atoms with van der Waals surface area (Å²) in [6, 6.07) is 15.7. The van der Waals surface area contributed by atoms with Gasteiger partial charge >= 0.3 is 6.36 Å². The van der Waals surface area contributed by atoms with Crippen LogP contribution in [-0.4, -0.2) is 44.1 Å². The molecule has 0 radical (unpaired) electrons. The topological polar surface area (TPSA) is 49.4 Å². The zero-order valence-electron chi connectivity index (χ0n) is 19.8. The van der Waals surface area contributed by atoms with Crippen LogP contribution in [0.2, 0.25) is 0 Å². The molecule has 2 aromatic carbocycles. The molecule has 9 heteroatoms. The van der Waals surface area contributed by atoms with Gasteiger partial charge in [-0.1, -0.05) is 40.2 Å². The van der Waals surface area contributed by atoms with Gasteiger partial charge in [0.25, 0.3) is 0 Å². The number of alkyl halides is 3. The van der Waals surface area contributed by atoms with E-state index in [1.165, 1.54) is 6.07 Å². The molecule has 0 atom stereocenters. The number of anilines is 2. The Balaban J connectivity index is 1.29. The quantitative estimate of drug-likeness (QED) is 0.334. The zero-order valence-corrected chi connectivity index (χ0v) is 21.4. The molecule has 2 N–H and O–H groups in total. The van der Waals surface area contributed by atoms with Crippen molar-refractivity contribution >= 4 is 38.3 Å². The van der Waals surface area contributed by atoms with Crippen molar-refractivity contribution in [2.45, 2.75) is 50.6 Å². The Hall–Kier alpha value is -2.52. The van der Waals surface area contributed by atoms with E-state index in [1.54, 1.807) is 12.1 Å². The van der Waals surface area contributed by atoms with Crippen molar-refractivity contribution in [1.29, 1.82) is 0 Å². The summed E-state index contributed by atoms with van der Waals surface area (Å²) in [6.45, 7) is 0.594. The summed E-state index contributed by atoms with van der Waals surface area (Å²) in [4.78, 5) is 6.91. The van der Waals surface area contributed by atoms with Crippen LogP contribution in [0.1, 0.15) is 31.2 Å². The average Bonchev–Trinajstić information content (AvgIpc) is 2.80. The van der Waals surface area contributed by atoms with Crippen LogP contribution >= 0.6 is 15.9 Å². The average molecular weight is 551 g/mol. The van der Waals surface area contributed by atoms with Gasteiger partial charge in [-0.3, -0.25) is 0 Å². The molecule has 0 saturated heterocycles. The normalized spacial score (nSPS) is 18.5. The number of halogens is 4. The van der Waals surface area contributed by atoms with E-state index in [2.05, 4.69) is 48.3 Å². The summed E-state index contributed by atoms with van der Waals surface area (Å²) < 4.78 is 42.9. The monoisotopic (exact) mass is 550 g/mol. The number of benzene rings is 2. The highest BCUT2D eigenvalue weighted by molar-refractivity contribution is 9.10. The number of rotatable bonds is 8. The van der Waals surface area contributed by atoms with E-state index in [4.69, 9.17) is 4.98 Å². The number of ether oxygens (including phenoxy) is 1. The van der Waals surface area contributed by atoms with Crippen LogP contribution in [0.25, 0.3) is 10.9 Å². The highest BCUT2D eigenvalue weighted by Gasteiger charge is 2.32. The number of nitrogens with one attached hydrogen (secondary N) is 2. The number of hydrogen-bond acceptors (Lipinski definition) is 5. The van der Waals surface area contributed by atoms with Crippen molar-refractivity contribution in [2.24, 2.45) is 0 Å². The first kappa shape index (κ1) is 25.6. The van der Waals surface area contributed by atoms with Crippen molar-refractivity contribution in [3.8, 4) is 5.75 Å². The standard InChI is InChI=1S/C26H30BrF3N4O/c1-34(2)23-16-25(33-22-6-4-3-5-21(22)23)32-20-11-9-19(10-12-20)31-14-13-17-7-8-18(27)15-24(17)35-26(28,29)30/h3-8,15-16,19-20,31H,9-14H2,1-2H3,(H,32,33). The van der Waals surface area contributed by atoms with Crippen LogP contribution in [-0.2, 0) is 6.42 Å². The van der Waals surface area contributed by atoms with Crippen LogP contribution in [0.15, 0.2) is 53.0 Å². The number of pyridine rings is 1. The lowest BCUT2D eigenvalue weighted by Gasteiger charge is -2.30. The highest BCUT2D eigenvalue weighted by atomic mass is 79.9. The molecule has 188 valence electrons. The SMILES string of the molecule is CN(C)c1cc(NC2CCC(NCCc3ccc(Br)cc3OC(F)(F)F)CC2)nc2ccccc12. The van der Waals surface area contributed by atoms with Gasteiger partial charge in [-0.2, -0.15) is 0 Å². The maximum Gasteiger partial charge on any atom is 0.573 e. The Kier molecular flexibility index (Phi) is 8.06. The van der Waals surface area contributed by atoms with E-state index in [0.717, 1.165) is 48.1 Å². The number of para-hydroxylation sites is 1. The van der Waals surface area contributed by atoms with Gasteiger partial charge in [-0.15, -0.1) is 13.2 Å². The molecule has 3 aromatic rings. The van der Waals surface area contributed by atoms with Gasteiger partial charge < -0.3 is 20.3 Å². The Morgan fingerprint density at radius 2 is 1.74 bits per heavy atom. The van der Waals surface area contributed by atoms with E-state index >= 15 is 0 Å². The molecule has 35 heavy (non-hydrogen) atoms. The molecule has 0 aliphatic heterocycles. The fourth-order valence-corrected chi connectivity index (χ4v) is 4.96. The van der Waals surface area contributed by atoms with E-state index in [-0.39, 0.29) is 5.75 Å². The van der Waals surface area contributed by atoms with E-state index in [0.29, 0.717) is 35.1 Å². The minimum atomic E-state index is -4.71. The Morgan fingerprint density at radius 1 is 1.03 bits per heavy atom. The molecule has 0 spiro atoms. The summed E-state index contributed by atoms with van der Waals surface area (Å²) in [6.07, 6.45) is -0.239. The largest absolute Gasteiger partial charge is 0.573 e. The van der Waals surface area contributed by atoms with Crippen molar-refractivity contribution in [1.82, 2.24) is 10.3 Å². The fraction of sp³-hybridized carbons (Fsp3) is 0.423. The van der Waals surface area contributed by atoms with E-state index in [9.17, 15) is 13.2 Å². The molecule has 1 fully saturated rings. The summed E-state index contributed by atoms with van der Waals surface area (Å²) in [5, 5.41) is 8.25. The first-order valence-corrected chi connectivity index (χ1v) is 12.6. The van der Waals surface area contributed by atoms with Gasteiger partial charge in [0.1, 0.15) is 11.6 Å². The first-order chi connectivity index (χ1) is 16.7. The third-order valence-corrected chi connectivity index (χ3v) is 6.83. The summed E-state index contributed by atoms with van der Waals surface area (Å²) in [5.41, 5.74) is 2.64. The third-order valence-electron chi connectivity index (χ3n) is 6.34. The Bertz CT molecular complexity index is 1150. The minimum Gasteiger partial charge on any atom is -0.405 e. The second kappa shape index (κ2) is 11.0. The molecule has 0 amide bonds. The lowest BCUT2D eigenvalue weighted by molar-refractivity contribution is -0.274. The lowest BCUT2D eigenvalue weighted by atomic mass is 9.91. The molecule has 1 aliphatic rings. The van der Waals surface area contributed by atoms with Gasteiger partial charge in [0.2, 0.25) is 0 Å². The molecule has 1 aliphatic carbocycles. The second-order valence-electron chi connectivity index (χ2n) is 9.14. The van der Waals surface area contributed by atoms with Crippen LogP contribution < -0.4 is 20.3 Å². The molecule has 5 nitrogen and oxygen atoms in total. The molecule has 0 unspecified atom stereocenters. The van der Waals surface area contributed by atoms with E-state index in [1.807, 2.05) is 32.3 Å². The van der Waals surface area contributed by atoms with Gasteiger partial charge in [-0.25, -0.2) is 4.98 Å². The summed E-state index contributed by atoms with van der Waals surface area (Å²) in [7, 11) is 4.07. The van der Waals surface area contributed by atoms with Crippen molar-refractivity contribution in [2.75, 3.05) is 30.9 Å². The molecule has 1 aromatic heterocycles. The van der Waals surface area contributed by atoms with Gasteiger partial charge in [-0.05, 0) is 62.4 Å². The first-order valence-electron chi connectivity index (χ1n) is 11.8. The molecule has 1 saturated carbocycles. The molecule has 0 bridgehead atoms. The third kappa shape index (κ3) is 7.01. The maximum absolute atomic E-state index is 12.7. The number of nitrogens with zero attached hydrogens (tertiary/aromatic N) is 2. The van der Waals surface area contributed by atoms with Gasteiger partial charge in [0.15, 0.2) is 0 Å². The molecule has 4 rings (SSSR count). The smallest absolute Gasteiger partial charge is 0.405 e. The molecule has 1 heterocycles. The minimum absolute atomic E-state index is 0.151. The Morgan fingerprint density at radius 3 is 2.46 bits per heavy atom. The molecular formula is C26H30BrF3N4O. The zero-order chi connectivity index (χ0) is 25.0. The van der Waals surface area contributed by atoms with Crippen molar-refractivity contribution in [3.05, 3.63) is 58.6 Å². The fourth-order valence-electron chi connectivity index (χ4n) is 4.62. The van der Waals surface area contributed by atoms with Crippen LogP contribution in [0.5, 0.6) is 5.75 Å². The predicted octanol–water partition coefficient (Wildman–Crippen LogP) is 6.52. The lowest BCUT2D eigenvalue weighted by Crippen LogP contribution is -2.38. The van der Waals surface area contributed by atoms with Crippen molar-refractivity contribution < 1.29 is 17.9 Å². The number of hydrogen-bond donors (Lipinski definition) is 2. The van der Waals surface area contributed by atoms with Gasteiger partial charge in [0.05, 0.1) is 5.52 Å². The van der Waals surface area contributed by atoms with Crippen molar-refractivity contribution in [3.63, 3.8) is 0 Å². The predicted molar refractivity (Wildman–Crippen MR) is 138 cm³/mol. The molecular weight excluding hydrogens is 521 g/mol. The Labute approximate surface area is 212 Å². The van der Waals surface area contributed by atoms with Gasteiger partial charge in [0, 0.05) is 47.8 Å². The second-order valence-corrected chi connectivity index (χ2v) is 10.1. The highest BCUT2D eigenvalue weighted by Crippen LogP contribution is 2.31. The number of aromatic nitrogens is 1. The summed E-state index contributed by atoms with van der Waals surface area (Å²) in [5.74, 6) is 0.734. The van der Waals surface area contributed by atoms with Crippen LogP contribution in [0.4, 0.5) is 24.7 Å². The van der Waals surface area contributed by atoms with E-state index < -0.39 is 6.36 Å².